The molecule has 5 nitrogen and oxygen atoms in total. The average molecular weight is 341 g/mol. The van der Waals surface area contributed by atoms with Gasteiger partial charge < -0.3 is 15.1 Å². The number of anilines is 1. The van der Waals surface area contributed by atoms with Crippen LogP contribution in [0.1, 0.15) is 48.9 Å². The second-order valence-electron chi connectivity index (χ2n) is 7.64. The summed E-state index contributed by atoms with van der Waals surface area (Å²) in [7, 11) is 0. The van der Waals surface area contributed by atoms with E-state index in [-0.39, 0.29) is 17.7 Å². The summed E-state index contributed by atoms with van der Waals surface area (Å²) in [6.45, 7) is 4.22. The minimum Gasteiger partial charge on any atom is -0.334 e. The maximum atomic E-state index is 12.9. The van der Waals surface area contributed by atoms with Gasteiger partial charge in [0.15, 0.2) is 0 Å². The predicted molar refractivity (Wildman–Crippen MR) is 97.5 cm³/mol. The van der Waals surface area contributed by atoms with E-state index in [1.165, 1.54) is 25.9 Å². The van der Waals surface area contributed by atoms with Gasteiger partial charge in [0.2, 0.25) is 5.91 Å². The number of hydrogen-bond acceptors (Lipinski definition) is 3. The van der Waals surface area contributed by atoms with Crippen molar-refractivity contribution < 1.29 is 9.59 Å². The third-order valence-electron chi connectivity index (χ3n) is 5.65. The van der Waals surface area contributed by atoms with Gasteiger partial charge in [0.05, 0.1) is 0 Å². The van der Waals surface area contributed by atoms with Crippen LogP contribution in [0.3, 0.4) is 0 Å². The number of rotatable bonds is 5. The molecule has 1 unspecified atom stereocenters. The van der Waals surface area contributed by atoms with Crippen molar-refractivity contribution in [1.29, 1.82) is 0 Å². The van der Waals surface area contributed by atoms with Crippen molar-refractivity contribution in [3.63, 3.8) is 0 Å². The molecule has 0 radical (unpaired) electrons. The predicted octanol–water partition coefficient (Wildman–Crippen LogP) is 2.74. The number of carbonyl (C=O) groups excluding carboxylic acids is 2. The lowest BCUT2D eigenvalue weighted by molar-refractivity contribution is -0.117. The molecule has 1 atom stereocenters. The normalized spacial score (nSPS) is 23.8. The summed E-state index contributed by atoms with van der Waals surface area (Å²) in [6.07, 6.45) is 6.77. The van der Waals surface area contributed by atoms with E-state index in [2.05, 4.69) is 15.1 Å². The minimum atomic E-state index is 0.101. The van der Waals surface area contributed by atoms with E-state index in [1.54, 1.807) is 0 Å². The quantitative estimate of drug-likeness (QED) is 0.896. The Kier molecular flexibility index (Phi) is 4.75. The molecule has 2 saturated heterocycles. The lowest BCUT2D eigenvalue weighted by Crippen LogP contribution is -2.42. The highest BCUT2D eigenvalue weighted by molar-refractivity contribution is 5.97. The Bertz CT molecular complexity index is 633. The highest BCUT2D eigenvalue weighted by atomic mass is 16.2. The number of hydrogen-bond donors (Lipinski definition) is 1. The highest BCUT2D eigenvalue weighted by Crippen LogP contribution is 2.30. The van der Waals surface area contributed by atoms with Gasteiger partial charge in [0.25, 0.3) is 5.91 Å². The second-order valence-corrected chi connectivity index (χ2v) is 7.64. The molecule has 0 bridgehead atoms. The summed E-state index contributed by atoms with van der Waals surface area (Å²) in [5.74, 6) is 0.420. The van der Waals surface area contributed by atoms with Gasteiger partial charge in [0.1, 0.15) is 0 Å². The van der Waals surface area contributed by atoms with Gasteiger partial charge in [-0.3, -0.25) is 9.59 Å². The zero-order valence-electron chi connectivity index (χ0n) is 14.7. The molecule has 2 heterocycles. The first-order valence-corrected chi connectivity index (χ1v) is 9.65. The van der Waals surface area contributed by atoms with E-state index in [9.17, 15) is 9.59 Å². The highest BCUT2D eigenvalue weighted by Gasteiger charge is 2.32. The largest absolute Gasteiger partial charge is 0.334 e. The molecule has 2 aliphatic heterocycles. The van der Waals surface area contributed by atoms with E-state index in [0.717, 1.165) is 50.0 Å². The van der Waals surface area contributed by atoms with Crippen LogP contribution < -0.4 is 5.32 Å². The number of carbonyl (C=O) groups is 2. The van der Waals surface area contributed by atoms with Crippen LogP contribution in [-0.2, 0) is 4.79 Å². The fourth-order valence-electron chi connectivity index (χ4n) is 4.01. The van der Waals surface area contributed by atoms with E-state index in [4.69, 9.17) is 0 Å². The zero-order valence-corrected chi connectivity index (χ0v) is 14.7. The number of amides is 2. The smallest absolute Gasteiger partial charge is 0.254 e. The molecule has 1 saturated carbocycles. The SMILES string of the molecule is O=C(Nc1ccc(C(=O)N2CCCC2CN2CCCC2)cc1)C1CC1. The van der Waals surface area contributed by atoms with Crippen LogP contribution in [0.2, 0.25) is 0 Å². The Balaban J connectivity index is 1.38. The Morgan fingerprint density at radius 3 is 2.36 bits per heavy atom. The summed E-state index contributed by atoms with van der Waals surface area (Å²) in [6, 6.07) is 7.73. The van der Waals surface area contributed by atoms with Gasteiger partial charge in [-0.1, -0.05) is 0 Å². The number of nitrogens with one attached hydrogen (secondary N) is 1. The first kappa shape index (κ1) is 16.6. The molecule has 5 heteroatoms. The van der Waals surface area contributed by atoms with Crippen molar-refractivity contribution in [2.75, 3.05) is 31.5 Å². The molecule has 25 heavy (non-hydrogen) atoms. The van der Waals surface area contributed by atoms with Gasteiger partial charge >= 0.3 is 0 Å². The van der Waals surface area contributed by atoms with Crippen LogP contribution in [-0.4, -0.2) is 53.8 Å². The van der Waals surface area contributed by atoms with Crippen LogP contribution in [0, 0.1) is 5.92 Å². The second kappa shape index (κ2) is 7.16. The summed E-state index contributed by atoms with van der Waals surface area (Å²) < 4.78 is 0. The lowest BCUT2D eigenvalue weighted by atomic mass is 10.1. The van der Waals surface area contributed by atoms with Gasteiger partial charge in [0, 0.05) is 36.3 Å². The molecule has 0 spiro atoms. The van der Waals surface area contributed by atoms with E-state index in [0.29, 0.717) is 6.04 Å². The van der Waals surface area contributed by atoms with Crippen LogP contribution in [0.15, 0.2) is 24.3 Å². The molecule has 1 aromatic rings. The molecule has 2 amide bonds. The molecule has 0 aromatic heterocycles. The molecule has 1 aromatic carbocycles. The lowest BCUT2D eigenvalue weighted by Gasteiger charge is -2.28. The van der Waals surface area contributed by atoms with Crippen LogP contribution >= 0.6 is 0 Å². The first-order valence-electron chi connectivity index (χ1n) is 9.65. The summed E-state index contributed by atoms with van der Waals surface area (Å²) >= 11 is 0. The third kappa shape index (κ3) is 3.87. The molecular formula is C20H27N3O2. The topological polar surface area (TPSA) is 52.7 Å². The van der Waals surface area contributed by atoms with Gasteiger partial charge in [-0.15, -0.1) is 0 Å². The van der Waals surface area contributed by atoms with E-state index in [1.807, 2.05) is 24.3 Å². The van der Waals surface area contributed by atoms with Crippen molar-refractivity contribution in [3.8, 4) is 0 Å². The standard InChI is InChI=1S/C20H27N3O2/c24-19(15-5-6-15)21-17-9-7-16(8-10-17)20(25)23-13-3-4-18(23)14-22-11-1-2-12-22/h7-10,15,18H,1-6,11-14H2,(H,21,24). The van der Waals surface area contributed by atoms with Crippen molar-refractivity contribution in [1.82, 2.24) is 9.80 Å². The molecule has 3 aliphatic rings. The van der Waals surface area contributed by atoms with Crippen molar-refractivity contribution in [2.45, 2.75) is 44.6 Å². The van der Waals surface area contributed by atoms with Crippen molar-refractivity contribution in [3.05, 3.63) is 29.8 Å². The van der Waals surface area contributed by atoms with Crippen LogP contribution in [0.5, 0.6) is 0 Å². The average Bonchev–Trinajstić information content (AvgIpc) is 3.17. The number of likely N-dealkylation sites (tertiary alicyclic amines) is 2. The zero-order chi connectivity index (χ0) is 17.2. The third-order valence-corrected chi connectivity index (χ3v) is 5.65. The van der Waals surface area contributed by atoms with Gasteiger partial charge in [-0.25, -0.2) is 0 Å². The van der Waals surface area contributed by atoms with Crippen molar-refractivity contribution in [2.24, 2.45) is 5.92 Å². The van der Waals surface area contributed by atoms with E-state index >= 15 is 0 Å². The number of nitrogens with zero attached hydrogens (tertiary/aromatic N) is 2. The minimum absolute atomic E-state index is 0.101. The summed E-state index contributed by atoms with van der Waals surface area (Å²) in [5.41, 5.74) is 1.50. The van der Waals surface area contributed by atoms with Crippen molar-refractivity contribution >= 4 is 17.5 Å². The maximum Gasteiger partial charge on any atom is 0.254 e. The number of benzene rings is 1. The van der Waals surface area contributed by atoms with Crippen LogP contribution in [0.4, 0.5) is 5.69 Å². The molecule has 4 rings (SSSR count). The summed E-state index contributed by atoms with van der Waals surface area (Å²) in [4.78, 5) is 29.3. The Labute approximate surface area is 149 Å². The summed E-state index contributed by atoms with van der Waals surface area (Å²) in [5, 5.41) is 2.93. The Hall–Kier alpha value is -1.88. The fraction of sp³-hybridized carbons (Fsp3) is 0.600. The first-order chi connectivity index (χ1) is 12.2. The Morgan fingerprint density at radius 2 is 1.68 bits per heavy atom. The molecule has 3 fully saturated rings. The molecule has 134 valence electrons. The molecular weight excluding hydrogens is 314 g/mol. The molecule has 1 N–H and O–H groups in total. The fourth-order valence-corrected chi connectivity index (χ4v) is 4.01. The maximum absolute atomic E-state index is 12.9. The monoisotopic (exact) mass is 341 g/mol. The van der Waals surface area contributed by atoms with Crippen LogP contribution in [0.25, 0.3) is 0 Å². The molecule has 1 aliphatic carbocycles. The van der Waals surface area contributed by atoms with Gasteiger partial charge in [-0.2, -0.15) is 0 Å². The van der Waals surface area contributed by atoms with E-state index < -0.39 is 0 Å². The van der Waals surface area contributed by atoms with Gasteiger partial charge in [-0.05, 0) is 75.9 Å². The Morgan fingerprint density at radius 1 is 0.960 bits per heavy atom.